The monoisotopic (exact) mass is 485 g/mol. The van der Waals surface area contributed by atoms with Crippen LogP contribution in [0.15, 0.2) is 64.3 Å². The number of carbonyl (C=O) groups excluding carboxylic acids is 1. The first-order valence-electron chi connectivity index (χ1n) is 11.7. The molecule has 8 heteroatoms. The van der Waals surface area contributed by atoms with E-state index in [1.165, 1.54) is 27.9 Å². The van der Waals surface area contributed by atoms with Gasteiger partial charge in [-0.25, -0.2) is 0 Å². The van der Waals surface area contributed by atoms with Gasteiger partial charge in [0.1, 0.15) is 17.4 Å². The van der Waals surface area contributed by atoms with E-state index in [9.17, 15) is 4.79 Å². The molecular formula is C27H27N5O2S. The Morgan fingerprint density at radius 2 is 1.91 bits per heavy atom. The summed E-state index contributed by atoms with van der Waals surface area (Å²) < 4.78 is 8.15. The average molecular weight is 486 g/mol. The fraction of sp³-hybridized carbons (Fsp3) is 0.259. The molecule has 0 fully saturated rings. The second kappa shape index (κ2) is 9.54. The van der Waals surface area contributed by atoms with Crippen molar-refractivity contribution < 1.29 is 9.53 Å². The second-order valence-electron chi connectivity index (χ2n) is 8.73. The highest BCUT2D eigenvalue weighted by molar-refractivity contribution is 8.26. The van der Waals surface area contributed by atoms with Crippen molar-refractivity contribution in [1.82, 2.24) is 9.58 Å². The zero-order chi connectivity index (χ0) is 24.5. The van der Waals surface area contributed by atoms with Crippen molar-refractivity contribution in [2.75, 3.05) is 6.61 Å². The number of aryl methyl sites for hydroxylation is 2. The first-order valence-corrected chi connectivity index (χ1v) is 12.5. The van der Waals surface area contributed by atoms with Crippen molar-refractivity contribution in [3.05, 3.63) is 70.9 Å². The Labute approximate surface area is 208 Å². The summed E-state index contributed by atoms with van der Waals surface area (Å²) in [6.07, 6.45) is 5.52. The number of nitrogens with one attached hydrogen (secondary N) is 1. The third-order valence-electron chi connectivity index (χ3n) is 5.88. The number of nitrogens with zero attached hydrogens (tertiary/aromatic N) is 4. The summed E-state index contributed by atoms with van der Waals surface area (Å²) in [5.41, 5.74) is 4.50. The molecule has 2 aliphatic heterocycles. The maximum absolute atomic E-state index is 12.8. The van der Waals surface area contributed by atoms with Crippen LogP contribution in [0.25, 0.3) is 17.0 Å². The summed E-state index contributed by atoms with van der Waals surface area (Å²) in [5, 5.41) is 17.0. The summed E-state index contributed by atoms with van der Waals surface area (Å²) in [7, 11) is 0. The highest BCUT2D eigenvalue weighted by Gasteiger charge is 2.35. The first kappa shape index (κ1) is 23.1. The Hall–Kier alpha value is -3.65. The van der Waals surface area contributed by atoms with Gasteiger partial charge in [0.25, 0.3) is 5.91 Å². The molecule has 0 radical (unpaired) electrons. The number of hydrogen-bond acceptors (Lipinski definition) is 5. The number of amides is 1. The van der Waals surface area contributed by atoms with E-state index in [1.54, 1.807) is 6.08 Å². The Bertz CT molecular complexity index is 1410. The Morgan fingerprint density at radius 1 is 1.14 bits per heavy atom. The summed E-state index contributed by atoms with van der Waals surface area (Å²) in [5.74, 6) is 0.521. The van der Waals surface area contributed by atoms with Crippen LogP contribution in [0.3, 0.4) is 0 Å². The number of aromatic nitrogens is 1. The van der Waals surface area contributed by atoms with E-state index < -0.39 is 5.91 Å². The third-order valence-corrected chi connectivity index (χ3v) is 6.84. The van der Waals surface area contributed by atoms with Crippen LogP contribution in [-0.2, 0) is 11.3 Å². The van der Waals surface area contributed by atoms with E-state index in [1.807, 2.05) is 36.5 Å². The molecule has 1 amide bonds. The van der Waals surface area contributed by atoms with Gasteiger partial charge in [0.15, 0.2) is 5.84 Å². The molecule has 0 saturated carbocycles. The SMILES string of the molecule is CCCC1=NN2C(=N)/C(=C/c3cn(CCOc4cc(C)cc(C)c4)c4ccccc34)C(=O)N=C2S1. The number of aliphatic imine (C=N–C) groups is 1. The van der Waals surface area contributed by atoms with Crippen LogP contribution in [0, 0.1) is 19.3 Å². The number of rotatable bonds is 7. The molecule has 2 aliphatic rings. The minimum Gasteiger partial charge on any atom is -0.492 e. The molecular weight excluding hydrogens is 458 g/mol. The van der Waals surface area contributed by atoms with Gasteiger partial charge in [-0.3, -0.25) is 10.2 Å². The minimum absolute atomic E-state index is 0.0635. The molecule has 0 bridgehead atoms. The van der Waals surface area contributed by atoms with E-state index in [-0.39, 0.29) is 11.4 Å². The van der Waals surface area contributed by atoms with Gasteiger partial charge in [0.05, 0.1) is 12.1 Å². The van der Waals surface area contributed by atoms with E-state index in [4.69, 9.17) is 10.1 Å². The van der Waals surface area contributed by atoms with Gasteiger partial charge in [-0.2, -0.15) is 15.1 Å². The fourth-order valence-corrected chi connectivity index (χ4v) is 5.34. The van der Waals surface area contributed by atoms with Gasteiger partial charge >= 0.3 is 0 Å². The average Bonchev–Trinajstić information content (AvgIpc) is 3.38. The van der Waals surface area contributed by atoms with Crippen LogP contribution in [0.4, 0.5) is 0 Å². The van der Waals surface area contributed by atoms with Crippen LogP contribution in [0.1, 0.15) is 36.5 Å². The Morgan fingerprint density at radius 3 is 2.69 bits per heavy atom. The molecule has 0 spiro atoms. The molecule has 178 valence electrons. The molecule has 0 saturated heterocycles. The predicted octanol–water partition coefficient (Wildman–Crippen LogP) is 5.76. The van der Waals surface area contributed by atoms with Gasteiger partial charge in [0.2, 0.25) is 5.17 Å². The number of fused-ring (bicyclic) bond motifs is 2. The summed E-state index contributed by atoms with van der Waals surface area (Å²) in [4.78, 5) is 17.0. The fourth-order valence-electron chi connectivity index (χ4n) is 4.36. The maximum atomic E-state index is 12.8. The van der Waals surface area contributed by atoms with Crippen LogP contribution in [-0.4, -0.2) is 38.1 Å². The highest BCUT2D eigenvalue weighted by Crippen LogP contribution is 2.31. The lowest BCUT2D eigenvalue weighted by Crippen LogP contribution is -2.35. The van der Waals surface area contributed by atoms with Crippen molar-refractivity contribution in [3.63, 3.8) is 0 Å². The lowest BCUT2D eigenvalue weighted by molar-refractivity contribution is -0.114. The highest BCUT2D eigenvalue weighted by atomic mass is 32.2. The van der Waals surface area contributed by atoms with Gasteiger partial charge < -0.3 is 9.30 Å². The molecule has 0 aliphatic carbocycles. The number of hydrazone groups is 1. The molecule has 1 N–H and O–H groups in total. The van der Waals surface area contributed by atoms with E-state index in [0.29, 0.717) is 18.3 Å². The number of carbonyl (C=O) groups is 1. The standard InChI is InChI=1S/C27H27N5O2S/c1-4-7-24-30-32-25(28)22(26(33)29-27(32)35-24)15-19-16-31(23-9-6-5-8-21(19)23)10-11-34-20-13-17(2)12-18(3)14-20/h5-6,8-9,12-16,28H,4,7,10-11H2,1-3H3/b22-15-,28-25?. The van der Waals surface area contributed by atoms with Crippen molar-refractivity contribution in [2.45, 2.75) is 40.2 Å². The zero-order valence-electron chi connectivity index (χ0n) is 20.0. The molecule has 7 nitrogen and oxygen atoms in total. The van der Waals surface area contributed by atoms with Crippen molar-refractivity contribution in [3.8, 4) is 5.75 Å². The number of thioether (sulfide) groups is 1. The largest absolute Gasteiger partial charge is 0.492 e. The third kappa shape index (κ3) is 4.66. The molecule has 3 heterocycles. The quantitative estimate of drug-likeness (QED) is 0.432. The molecule has 0 unspecified atom stereocenters. The first-order chi connectivity index (χ1) is 16.9. The number of benzene rings is 2. The van der Waals surface area contributed by atoms with Gasteiger partial charge in [-0.05, 0) is 73.9 Å². The Balaban J connectivity index is 1.41. The normalized spacial score (nSPS) is 16.7. The van der Waals surface area contributed by atoms with Gasteiger partial charge in [-0.1, -0.05) is 31.2 Å². The molecule has 0 atom stereocenters. The van der Waals surface area contributed by atoms with Crippen LogP contribution >= 0.6 is 11.8 Å². The molecule has 2 aromatic carbocycles. The van der Waals surface area contributed by atoms with Gasteiger partial charge in [-0.15, -0.1) is 0 Å². The number of ether oxygens (including phenoxy) is 1. The smallest absolute Gasteiger partial charge is 0.283 e. The predicted molar refractivity (Wildman–Crippen MR) is 143 cm³/mol. The van der Waals surface area contributed by atoms with E-state index in [0.717, 1.165) is 40.1 Å². The summed E-state index contributed by atoms with van der Waals surface area (Å²) in [6, 6.07) is 14.3. The number of hydrogen-bond donors (Lipinski definition) is 1. The molecule has 35 heavy (non-hydrogen) atoms. The lowest BCUT2D eigenvalue weighted by atomic mass is 10.1. The topological polar surface area (TPSA) is 83.0 Å². The molecule has 1 aromatic heterocycles. The zero-order valence-corrected chi connectivity index (χ0v) is 20.9. The minimum atomic E-state index is -0.406. The summed E-state index contributed by atoms with van der Waals surface area (Å²) in [6.45, 7) is 7.37. The van der Waals surface area contributed by atoms with E-state index >= 15 is 0 Å². The maximum Gasteiger partial charge on any atom is 0.283 e. The second-order valence-corrected chi connectivity index (χ2v) is 9.77. The molecule has 5 rings (SSSR count). The number of para-hydroxylation sites is 1. The van der Waals surface area contributed by atoms with Crippen molar-refractivity contribution >= 4 is 50.7 Å². The lowest BCUT2D eigenvalue weighted by Gasteiger charge is -2.20. The van der Waals surface area contributed by atoms with Crippen LogP contribution in [0.5, 0.6) is 5.75 Å². The van der Waals surface area contributed by atoms with Crippen molar-refractivity contribution in [2.24, 2.45) is 10.1 Å². The Kier molecular flexibility index (Phi) is 6.30. The summed E-state index contributed by atoms with van der Waals surface area (Å²) >= 11 is 1.37. The van der Waals surface area contributed by atoms with Crippen LogP contribution < -0.4 is 4.74 Å². The van der Waals surface area contributed by atoms with Gasteiger partial charge in [0, 0.05) is 22.7 Å². The number of amidine groups is 2. The van der Waals surface area contributed by atoms with E-state index in [2.05, 4.69) is 47.6 Å². The molecule has 3 aromatic rings. The van der Waals surface area contributed by atoms with Crippen LogP contribution in [0.2, 0.25) is 0 Å². The van der Waals surface area contributed by atoms with Crippen molar-refractivity contribution in [1.29, 1.82) is 5.41 Å².